The SMILES string of the molecule is O=C(c1cnc(N2CCCCC2)nc1)N1CCC(Oc2ccc(F)cc2)CC1. The topological polar surface area (TPSA) is 58.6 Å². The minimum absolute atomic E-state index is 0.0345. The van der Waals surface area contributed by atoms with E-state index in [1.165, 1.54) is 31.4 Å². The molecule has 0 unspecified atom stereocenters. The molecule has 2 fully saturated rings. The van der Waals surface area contributed by atoms with Crippen LogP contribution in [-0.2, 0) is 0 Å². The van der Waals surface area contributed by atoms with Gasteiger partial charge in [0.15, 0.2) is 0 Å². The fourth-order valence-electron chi connectivity index (χ4n) is 3.75. The van der Waals surface area contributed by atoms with Crippen LogP contribution in [0.1, 0.15) is 42.5 Å². The van der Waals surface area contributed by atoms with Crippen LogP contribution in [0, 0.1) is 5.82 Å². The van der Waals surface area contributed by atoms with E-state index in [1.54, 1.807) is 24.5 Å². The molecule has 0 atom stereocenters. The molecule has 7 heteroatoms. The average Bonchev–Trinajstić information content (AvgIpc) is 2.76. The van der Waals surface area contributed by atoms with Crippen LogP contribution in [0.2, 0.25) is 0 Å². The normalized spacial score (nSPS) is 18.2. The summed E-state index contributed by atoms with van der Waals surface area (Å²) >= 11 is 0. The van der Waals surface area contributed by atoms with Crippen LogP contribution in [0.15, 0.2) is 36.7 Å². The molecule has 28 heavy (non-hydrogen) atoms. The zero-order chi connectivity index (χ0) is 19.3. The number of piperidine rings is 2. The van der Waals surface area contributed by atoms with E-state index in [2.05, 4.69) is 14.9 Å². The van der Waals surface area contributed by atoms with Gasteiger partial charge in [0.05, 0.1) is 5.56 Å². The van der Waals surface area contributed by atoms with Gasteiger partial charge in [-0.3, -0.25) is 4.79 Å². The number of benzene rings is 1. The largest absolute Gasteiger partial charge is 0.490 e. The molecule has 0 aliphatic carbocycles. The van der Waals surface area contributed by atoms with Crippen LogP contribution in [0.25, 0.3) is 0 Å². The molecule has 1 aromatic heterocycles. The van der Waals surface area contributed by atoms with Gasteiger partial charge in [0.25, 0.3) is 5.91 Å². The van der Waals surface area contributed by atoms with Crippen LogP contribution in [-0.4, -0.2) is 53.1 Å². The summed E-state index contributed by atoms with van der Waals surface area (Å²) in [6.07, 6.45) is 8.39. The second-order valence-corrected chi connectivity index (χ2v) is 7.38. The number of aromatic nitrogens is 2. The number of amides is 1. The molecule has 0 radical (unpaired) electrons. The first-order valence-electron chi connectivity index (χ1n) is 9.97. The smallest absolute Gasteiger partial charge is 0.256 e. The molecule has 0 bridgehead atoms. The molecule has 1 amide bonds. The Labute approximate surface area is 164 Å². The Balaban J connectivity index is 1.30. The van der Waals surface area contributed by atoms with Crippen molar-refractivity contribution in [1.29, 1.82) is 0 Å². The predicted octanol–water partition coefficient (Wildman–Crippen LogP) is 3.29. The highest BCUT2D eigenvalue weighted by Crippen LogP contribution is 2.21. The van der Waals surface area contributed by atoms with Gasteiger partial charge >= 0.3 is 0 Å². The first kappa shape index (κ1) is 18.7. The van der Waals surface area contributed by atoms with Crippen molar-refractivity contribution < 1.29 is 13.9 Å². The van der Waals surface area contributed by atoms with Crippen LogP contribution >= 0.6 is 0 Å². The van der Waals surface area contributed by atoms with Crippen LogP contribution < -0.4 is 9.64 Å². The quantitative estimate of drug-likeness (QED) is 0.810. The summed E-state index contributed by atoms with van der Waals surface area (Å²) in [4.78, 5) is 25.6. The Morgan fingerprint density at radius 3 is 2.25 bits per heavy atom. The van der Waals surface area contributed by atoms with Gasteiger partial charge in [0, 0.05) is 51.4 Å². The third-order valence-electron chi connectivity index (χ3n) is 5.37. The summed E-state index contributed by atoms with van der Waals surface area (Å²) in [5, 5.41) is 0. The molecule has 148 valence electrons. The number of nitrogens with zero attached hydrogens (tertiary/aromatic N) is 4. The average molecular weight is 384 g/mol. The van der Waals surface area contributed by atoms with Gasteiger partial charge in [-0.25, -0.2) is 14.4 Å². The van der Waals surface area contributed by atoms with Crippen LogP contribution in [0.5, 0.6) is 5.75 Å². The van der Waals surface area contributed by atoms with Crippen molar-refractivity contribution in [3.63, 3.8) is 0 Å². The van der Waals surface area contributed by atoms with Crippen molar-refractivity contribution in [2.75, 3.05) is 31.1 Å². The summed E-state index contributed by atoms with van der Waals surface area (Å²) in [6, 6.07) is 6.05. The maximum absolute atomic E-state index is 13.0. The Hall–Kier alpha value is -2.70. The van der Waals surface area contributed by atoms with E-state index < -0.39 is 0 Å². The minimum Gasteiger partial charge on any atom is -0.490 e. The highest BCUT2D eigenvalue weighted by atomic mass is 19.1. The summed E-state index contributed by atoms with van der Waals surface area (Å²) < 4.78 is 18.9. The Bertz CT molecular complexity index is 783. The maximum Gasteiger partial charge on any atom is 0.256 e. The van der Waals surface area contributed by atoms with Crippen LogP contribution in [0.3, 0.4) is 0 Å². The van der Waals surface area contributed by atoms with E-state index >= 15 is 0 Å². The summed E-state index contributed by atoms with van der Waals surface area (Å²) in [5.74, 6) is 1.06. The Morgan fingerprint density at radius 1 is 0.964 bits per heavy atom. The fraction of sp³-hybridized carbons (Fsp3) is 0.476. The van der Waals surface area contributed by atoms with Crippen molar-refractivity contribution >= 4 is 11.9 Å². The van der Waals surface area contributed by atoms with Crippen molar-refractivity contribution in [2.24, 2.45) is 0 Å². The zero-order valence-corrected chi connectivity index (χ0v) is 15.9. The van der Waals surface area contributed by atoms with Crippen LogP contribution in [0.4, 0.5) is 10.3 Å². The van der Waals surface area contributed by atoms with Gasteiger partial charge < -0.3 is 14.5 Å². The van der Waals surface area contributed by atoms with Gasteiger partial charge in [0.1, 0.15) is 17.7 Å². The highest BCUT2D eigenvalue weighted by Gasteiger charge is 2.25. The molecule has 0 N–H and O–H groups in total. The first-order valence-corrected chi connectivity index (χ1v) is 9.97. The molecule has 4 rings (SSSR count). The molecule has 2 aliphatic heterocycles. The van der Waals surface area contributed by atoms with E-state index in [1.807, 2.05) is 4.90 Å². The van der Waals surface area contributed by atoms with Crippen molar-refractivity contribution in [3.05, 3.63) is 48.0 Å². The number of likely N-dealkylation sites (tertiary alicyclic amines) is 1. The van der Waals surface area contributed by atoms with Gasteiger partial charge in [-0.2, -0.15) is 0 Å². The van der Waals surface area contributed by atoms with E-state index in [-0.39, 0.29) is 17.8 Å². The van der Waals surface area contributed by atoms with Crippen molar-refractivity contribution in [1.82, 2.24) is 14.9 Å². The van der Waals surface area contributed by atoms with Crippen molar-refractivity contribution in [3.8, 4) is 5.75 Å². The molecule has 0 saturated carbocycles. The lowest BCUT2D eigenvalue weighted by atomic mass is 10.1. The second-order valence-electron chi connectivity index (χ2n) is 7.38. The summed E-state index contributed by atoms with van der Waals surface area (Å²) in [7, 11) is 0. The predicted molar refractivity (Wildman–Crippen MR) is 104 cm³/mol. The number of ether oxygens (including phenoxy) is 1. The van der Waals surface area contributed by atoms with Crippen molar-refractivity contribution in [2.45, 2.75) is 38.2 Å². The molecule has 6 nitrogen and oxygen atoms in total. The monoisotopic (exact) mass is 384 g/mol. The third kappa shape index (κ3) is 4.40. The molecule has 3 heterocycles. The lowest BCUT2D eigenvalue weighted by molar-refractivity contribution is 0.0594. The lowest BCUT2D eigenvalue weighted by Gasteiger charge is -2.32. The maximum atomic E-state index is 13.0. The standard InChI is InChI=1S/C21H25FN4O2/c22-17-4-6-18(7-5-17)28-19-8-12-25(13-9-19)20(27)16-14-23-21(24-15-16)26-10-2-1-3-11-26/h4-7,14-15,19H,1-3,8-13H2. The molecule has 2 saturated heterocycles. The molecular weight excluding hydrogens is 359 g/mol. The Kier molecular flexibility index (Phi) is 5.69. The number of carbonyl (C=O) groups is 1. The van der Waals surface area contributed by atoms with Gasteiger partial charge in [-0.15, -0.1) is 0 Å². The number of anilines is 1. The molecular formula is C21H25FN4O2. The number of halogens is 1. The van der Waals surface area contributed by atoms with E-state index in [9.17, 15) is 9.18 Å². The summed E-state index contributed by atoms with van der Waals surface area (Å²) in [6.45, 7) is 3.21. The fourth-order valence-corrected chi connectivity index (χ4v) is 3.75. The van der Waals surface area contributed by atoms with Gasteiger partial charge in [-0.05, 0) is 43.5 Å². The third-order valence-corrected chi connectivity index (χ3v) is 5.37. The van der Waals surface area contributed by atoms with E-state index in [0.717, 1.165) is 25.9 Å². The molecule has 0 spiro atoms. The lowest BCUT2D eigenvalue weighted by Crippen LogP contribution is -2.42. The van der Waals surface area contributed by atoms with E-state index in [4.69, 9.17) is 4.74 Å². The second kappa shape index (κ2) is 8.54. The number of carbonyl (C=O) groups excluding carboxylic acids is 1. The number of hydrogen-bond donors (Lipinski definition) is 0. The van der Waals surface area contributed by atoms with E-state index in [0.29, 0.717) is 30.4 Å². The van der Waals surface area contributed by atoms with Gasteiger partial charge in [0.2, 0.25) is 5.95 Å². The number of rotatable bonds is 4. The minimum atomic E-state index is -0.277. The number of hydrogen-bond acceptors (Lipinski definition) is 5. The molecule has 2 aliphatic rings. The Morgan fingerprint density at radius 2 is 1.61 bits per heavy atom. The van der Waals surface area contributed by atoms with Gasteiger partial charge in [-0.1, -0.05) is 0 Å². The zero-order valence-electron chi connectivity index (χ0n) is 15.9. The first-order chi connectivity index (χ1) is 13.7. The summed E-state index contributed by atoms with van der Waals surface area (Å²) in [5.41, 5.74) is 0.527. The molecule has 2 aromatic rings. The molecule has 1 aromatic carbocycles. The highest BCUT2D eigenvalue weighted by molar-refractivity contribution is 5.93.